The first kappa shape index (κ1) is 6.89. The first-order valence-electron chi connectivity index (χ1n) is 4.23. The maximum absolute atomic E-state index is 11.2. The van der Waals surface area contributed by atoms with Gasteiger partial charge in [-0.2, -0.15) is 0 Å². The average molecular weight is 152 g/mol. The number of Topliss-reactive ketones (excluding diaryl/α,β-unsaturated/α-hetero) is 1. The third kappa shape index (κ3) is 0.817. The topological polar surface area (TPSA) is 37.3 Å². The quantitative estimate of drug-likeness (QED) is 0.424. The summed E-state index contributed by atoms with van der Waals surface area (Å²) in [5.74, 6) is 0.862. The third-order valence-electron chi connectivity index (χ3n) is 2.93. The van der Waals surface area contributed by atoms with Gasteiger partial charge in [-0.1, -0.05) is 12.8 Å². The number of aliphatic hydroxyl groups excluding tert-OH is 1. The van der Waals surface area contributed by atoms with Crippen LogP contribution in [0.25, 0.3) is 0 Å². The molecule has 0 saturated heterocycles. The van der Waals surface area contributed by atoms with Gasteiger partial charge in [0.25, 0.3) is 0 Å². The van der Waals surface area contributed by atoms with Gasteiger partial charge in [-0.25, -0.2) is 0 Å². The SMILES string of the molecule is O=C1C(=CO)C2CCCCC12. The summed E-state index contributed by atoms with van der Waals surface area (Å²) in [6.45, 7) is 0. The highest BCUT2D eigenvalue weighted by Gasteiger charge is 2.45. The summed E-state index contributed by atoms with van der Waals surface area (Å²) in [6, 6.07) is 0. The van der Waals surface area contributed by atoms with Crippen molar-refractivity contribution in [2.45, 2.75) is 25.7 Å². The van der Waals surface area contributed by atoms with Crippen LogP contribution in [0.4, 0.5) is 0 Å². The number of allylic oxidation sites excluding steroid dienone is 1. The molecule has 2 unspecified atom stereocenters. The Morgan fingerprint density at radius 2 is 1.91 bits per heavy atom. The number of carbonyl (C=O) groups is 1. The fourth-order valence-electron chi connectivity index (χ4n) is 2.28. The van der Waals surface area contributed by atoms with E-state index < -0.39 is 0 Å². The molecule has 60 valence electrons. The molecule has 2 fully saturated rings. The van der Waals surface area contributed by atoms with E-state index in [4.69, 9.17) is 5.11 Å². The summed E-state index contributed by atoms with van der Waals surface area (Å²) < 4.78 is 0. The van der Waals surface area contributed by atoms with Gasteiger partial charge in [0.05, 0.1) is 6.26 Å². The van der Waals surface area contributed by atoms with Crippen molar-refractivity contribution >= 4 is 5.78 Å². The predicted octanol–water partition coefficient (Wildman–Crippen LogP) is 1.82. The zero-order chi connectivity index (χ0) is 7.84. The summed E-state index contributed by atoms with van der Waals surface area (Å²) in [6.07, 6.45) is 5.55. The fraction of sp³-hybridized carbons (Fsp3) is 0.667. The van der Waals surface area contributed by atoms with Crippen molar-refractivity contribution in [2.24, 2.45) is 11.8 Å². The van der Waals surface area contributed by atoms with Crippen LogP contribution in [-0.2, 0) is 4.79 Å². The normalized spacial score (nSPS) is 40.0. The summed E-state index contributed by atoms with van der Waals surface area (Å²) in [5.41, 5.74) is 0.676. The van der Waals surface area contributed by atoms with Crippen LogP contribution in [0.2, 0.25) is 0 Å². The number of ketones is 1. The van der Waals surface area contributed by atoms with Crippen LogP contribution in [-0.4, -0.2) is 10.9 Å². The van der Waals surface area contributed by atoms with Gasteiger partial charge < -0.3 is 5.11 Å². The molecule has 0 spiro atoms. The molecule has 0 aliphatic heterocycles. The molecule has 0 amide bonds. The second-order valence-electron chi connectivity index (χ2n) is 3.45. The number of hydrogen-bond acceptors (Lipinski definition) is 2. The van der Waals surface area contributed by atoms with Gasteiger partial charge in [-0.15, -0.1) is 0 Å². The summed E-state index contributed by atoms with van der Waals surface area (Å²) in [5, 5.41) is 8.71. The summed E-state index contributed by atoms with van der Waals surface area (Å²) in [7, 11) is 0. The van der Waals surface area contributed by atoms with Crippen LogP contribution >= 0.6 is 0 Å². The zero-order valence-electron chi connectivity index (χ0n) is 6.42. The van der Waals surface area contributed by atoms with Gasteiger partial charge in [-0.3, -0.25) is 4.79 Å². The van der Waals surface area contributed by atoms with E-state index in [2.05, 4.69) is 0 Å². The first-order valence-corrected chi connectivity index (χ1v) is 4.23. The van der Waals surface area contributed by atoms with E-state index in [1.165, 1.54) is 12.8 Å². The number of aliphatic hydroxyl groups is 1. The van der Waals surface area contributed by atoms with Gasteiger partial charge in [0, 0.05) is 17.4 Å². The van der Waals surface area contributed by atoms with Crippen LogP contribution in [0.15, 0.2) is 11.8 Å². The Bertz CT molecular complexity index is 218. The Kier molecular flexibility index (Phi) is 1.48. The molecule has 2 nitrogen and oxygen atoms in total. The van der Waals surface area contributed by atoms with E-state index in [0.717, 1.165) is 19.1 Å². The van der Waals surface area contributed by atoms with E-state index in [0.29, 0.717) is 11.5 Å². The Morgan fingerprint density at radius 1 is 1.27 bits per heavy atom. The van der Waals surface area contributed by atoms with Gasteiger partial charge in [-0.05, 0) is 12.8 Å². The van der Waals surface area contributed by atoms with Crippen LogP contribution in [0.3, 0.4) is 0 Å². The minimum atomic E-state index is 0.192. The maximum atomic E-state index is 11.2. The molecule has 2 heteroatoms. The van der Waals surface area contributed by atoms with Crippen LogP contribution in [0.1, 0.15) is 25.7 Å². The molecule has 1 N–H and O–H groups in total. The standard InChI is InChI=1S/C9H12O2/c10-5-8-6-3-1-2-4-7(6)9(8)11/h5-7,10H,1-4H2. The van der Waals surface area contributed by atoms with Crippen molar-refractivity contribution in [1.82, 2.24) is 0 Å². The Balaban J connectivity index is 2.15. The summed E-state index contributed by atoms with van der Waals surface area (Å²) >= 11 is 0. The van der Waals surface area contributed by atoms with E-state index in [1.807, 2.05) is 0 Å². The minimum absolute atomic E-state index is 0.192. The highest BCUT2D eigenvalue weighted by Crippen LogP contribution is 2.45. The molecule has 0 aromatic heterocycles. The van der Waals surface area contributed by atoms with E-state index in [1.54, 1.807) is 0 Å². The largest absolute Gasteiger partial charge is 0.515 e. The lowest BCUT2D eigenvalue weighted by molar-refractivity contribution is -0.128. The van der Waals surface area contributed by atoms with Gasteiger partial charge in [0.1, 0.15) is 0 Å². The van der Waals surface area contributed by atoms with E-state index >= 15 is 0 Å². The molecule has 2 atom stereocenters. The van der Waals surface area contributed by atoms with Crippen molar-refractivity contribution in [2.75, 3.05) is 0 Å². The van der Waals surface area contributed by atoms with Crippen molar-refractivity contribution in [3.63, 3.8) is 0 Å². The smallest absolute Gasteiger partial charge is 0.165 e. The molecule has 2 aliphatic rings. The van der Waals surface area contributed by atoms with Gasteiger partial charge >= 0.3 is 0 Å². The molecule has 2 aliphatic carbocycles. The summed E-state index contributed by atoms with van der Waals surface area (Å²) in [4.78, 5) is 11.2. The molecular formula is C9H12O2. The van der Waals surface area contributed by atoms with Crippen LogP contribution in [0, 0.1) is 11.8 Å². The lowest BCUT2D eigenvalue weighted by atomic mass is 9.61. The molecule has 0 radical (unpaired) electrons. The number of carbonyl (C=O) groups excluding carboxylic acids is 1. The molecule has 0 aromatic rings. The first-order chi connectivity index (χ1) is 5.34. The molecule has 11 heavy (non-hydrogen) atoms. The fourth-order valence-corrected chi connectivity index (χ4v) is 2.28. The van der Waals surface area contributed by atoms with Crippen LogP contribution < -0.4 is 0 Å². The van der Waals surface area contributed by atoms with Gasteiger partial charge in [0.2, 0.25) is 0 Å². The second kappa shape index (κ2) is 2.36. The van der Waals surface area contributed by atoms with Crippen molar-refractivity contribution in [3.05, 3.63) is 11.8 Å². The van der Waals surface area contributed by atoms with E-state index in [-0.39, 0.29) is 11.7 Å². The Morgan fingerprint density at radius 3 is 2.55 bits per heavy atom. The third-order valence-corrected chi connectivity index (χ3v) is 2.93. The second-order valence-corrected chi connectivity index (χ2v) is 3.45. The van der Waals surface area contributed by atoms with Crippen molar-refractivity contribution < 1.29 is 9.90 Å². The Hall–Kier alpha value is -0.790. The number of fused-ring (bicyclic) bond motifs is 1. The lowest BCUT2D eigenvalue weighted by Crippen LogP contribution is -2.42. The van der Waals surface area contributed by atoms with Crippen molar-refractivity contribution in [3.8, 4) is 0 Å². The molecule has 0 bridgehead atoms. The maximum Gasteiger partial charge on any atom is 0.165 e. The monoisotopic (exact) mass is 152 g/mol. The Labute approximate surface area is 65.9 Å². The molecule has 2 saturated carbocycles. The van der Waals surface area contributed by atoms with Gasteiger partial charge in [0.15, 0.2) is 5.78 Å². The molecular weight excluding hydrogens is 140 g/mol. The predicted molar refractivity (Wildman–Crippen MR) is 41.2 cm³/mol. The zero-order valence-corrected chi connectivity index (χ0v) is 6.42. The minimum Gasteiger partial charge on any atom is -0.515 e. The van der Waals surface area contributed by atoms with Crippen molar-refractivity contribution in [1.29, 1.82) is 0 Å². The lowest BCUT2D eigenvalue weighted by Gasteiger charge is -2.40. The molecule has 0 heterocycles. The molecule has 0 aromatic carbocycles. The van der Waals surface area contributed by atoms with Crippen LogP contribution in [0.5, 0.6) is 0 Å². The number of hydrogen-bond donors (Lipinski definition) is 1. The molecule has 2 rings (SSSR count). The highest BCUT2D eigenvalue weighted by molar-refractivity contribution is 6.04. The highest BCUT2D eigenvalue weighted by atomic mass is 16.2. The number of rotatable bonds is 0. The van der Waals surface area contributed by atoms with E-state index in [9.17, 15) is 4.79 Å². The average Bonchev–Trinajstić information content (AvgIpc) is 2.05.